The minimum atomic E-state index is -1.63. The number of fused-ring (bicyclic) bond motifs is 1. The Kier molecular flexibility index (Phi) is 4.78. The van der Waals surface area contributed by atoms with Gasteiger partial charge in [-0.25, -0.2) is 22.5 Å². The van der Waals surface area contributed by atoms with Crippen LogP contribution in [0.1, 0.15) is 0 Å². The SMILES string of the molecule is O=C(COc1ccc(F)c(Cl)c1)Nc1nc2c(F)c(F)c(F)cc2s1. The first-order valence-corrected chi connectivity index (χ1v) is 7.86. The number of hydrogen-bond donors (Lipinski definition) is 1. The van der Waals surface area contributed by atoms with Crippen LogP contribution >= 0.6 is 22.9 Å². The number of halogens is 5. The van der Waals surface area contributed by atoms with Gasteiger partial charge in [-0.3, -0.25) is 10.1 Å². The van der Waals surface area contributed by atoms with Gasteiger partial charge in [-0.05, 0) is 18.2 Å². The summed E-state index contributed by atoms with van der Waals surface area (Å²) in [6, 6.07) is 4.35. The molecule has 2 aromatic carbocycles. The van der Waals surface area contributed by atoms with E-state index >= 15 is 0 Å². The van der Waals surface area contributed by atoms with E-state index in [1.807, 2.05) is 0 Å². The van der Waals surface area contributed by atoms with Crippen molar-refractivity contribution in [3.05, 3.63) is 52.6 Å². The molecule has 0 atom stereocenters. The summed E-state index contributed by atoms with van der Waals surface area (Å²) in [5.41, 5.74) is -0.384. The molecular weight excluding hydrogens is 384 g/mol. The Bertz CT molecular complexity index is 980. The van der Waals surface area contributed by atoms with E-state index in [1.54, 1.807) is 0 Å². The highest BCUT2D eigenvalue weighted by Gasteiger charge is 2.18. The van der Waals surface area contributed by atoms with Crippen LogP contribution in [0.5, 0.6) is 5.75 Å². The van der Waals surface area contributed by atoms with Crippen LogP contribution in [0.3, 0.4) is 0 Å². The number of ether oxygens (including phenoxy) is 1. The Morgan fingerprint density at radius 3 is 2.64 bits per heavy atom. The molecule has 0 aliphatic rings. The lowest BCUT2D eigenvalue weighted by Gasteiger charge is -2.06. The number of rotatable bonds is 4. The van der Waals surface area contributed by atoms with Gasteiger partial charge in [0.2, 0.25) is 0 Å². The average molecular weight is 391 g/mol. The summed E-state index contributed by atoms with van der Waals surface area (Å²) in [5, 5.41) is 2.10. The van der Waals surface area contributed by atoms with Gasteiger partial charge in [-0.2, -0.15) is 0 Å². The topological polar surface area (TPSA) is 51.2 Å². The van der Waals surface area contributed by atoms with E-state index in [1.165, 1.54) is 12.1 Å². The van der Waals surface area contributed by atoms with E-state index < -0.39 is 35.8 Å². The first-order valence-electron chi connectivity index (χ1n) is 6.67. The lowest BCUT2D eigenvalue weighted by Crippen LogP contribution is -2.20. The molecule has 1 N–H and O–H groups in total. The third-order valence-corrected chi connectivity index (χ3v) is 4.24. The van der Waals surface area contributed by atoms with Gasteiger partial charge in [-0.15, -0.1) is 0 Å². The Morgan fingerprint density at radius 1 is 1.16 bits per heavy atom. The third kappa shape index (κ3) is 3.67. The Hall–Kier alpha value is -2.39. The van der Waals surface area contributed by atoms with Crippen LogP contribution < -0.4 is 10.1 Å². The highest BCUT2D eigenvalue weighted by molar-refractivity contribution is 7.22. The van der Waals surface area contributed by atoms with Crippen molar-refractivity contribution in [3.63, 3.8) is 0 Å². The van der Waals surface area contributed by atoms with Crippen LogP contribution in [0.15, 0.2) is 24.3 Å². The van der Waals surface area contributed by atoms with Crippen LogP contribution in [-0.2, 0) is 4.79 Å². The number of carbonyl (C=O) groups excluding carboxylic acids is 1. The van der Waals surface area contributed by atoms with E-state index in [9.17, 15) is 22.4 Å². The number of amides is 1. The van der Waals surface area contributed by atoms with Gasteiger partial charge in [0, 0.05) is 6.07 Å². The molecule has 1 amide bonds. The second-order valence-electron chi connectivity index (χ2n) is 4.76. The number of benzene rings is 2. The van der Waals surface area contributed by atoms with Crippen molar-refractivity contribution in [1.82, 2.24) is 4.98 Å². The molecule has 4 nitrogen and oxygen atoms in total. The summed E-state index contributed by atoms with van der Waals surface area (Å²) in [6.07, 6.45) is 0. The van der Waals surface area contributed by atoms with Crippen LogP contribution in [-0.4, -0.2) is 17.5 Å². The largest absolute Gasteiger partial charge is 0.484 e. The number of thiazole rings is 1. The number of nitrogens with zero attached hydrogens (tertiary/aromatic N) is 1. The van der Waals surface area contributed by atoms with Gasteiger partial charge in [0.1, 0.15) is 17.1 Å². The van der Waals surface area contributed by atoms with Crippen molar-refractivity contribution in [2.24, 2.45) is 0 Å². The molecule has 10 heteroatoms. The molecule has 1 heterocycles. The van der Waals surface area contributed by atoms with Crippen molar-refractivity contribution >= 4 is 44.2 Å². The average Bonchev–Trinajstić information content (AvgIpc) is 2.96. The number of carbonyl (C=O) groups is 1. The van der Waals surface area contributed by atoms with Crippen LogP contribution in [0.2, 0.25) is 5.02 Å². The number of anilines is 1. The van der Waals surface area contributed by atoms with Gasteiger partial charge >= 0.3 is 0 Å². The van der Waals surface area contributed by atoms with Crippen molar-refractivity contribution in [3.8, 4) is 5.75 Å². The first-order chi connectivity index (χ1) is 11.8. The monoisotopic (exact) mass is 390 g/mol. The highest BCUT2D eigenvalue weighted by Crippen LogP contribution is 2.30. The molecular formula is C15H7ClF4N2O2S. The summed E-state index contributed by atoms with van der Waals surface area (Å²) < 4.78 is 58.1. The van der Waals surface area contributed by atoms with Gasteiger partial charge in [0.25, 0.3) is 5.91 Å². The molecule has 0 radical (unpaired) electrons. The summed E-state index contributed by atoms with van der Waals surface area (Å²) in [5.74, 6) is -5.52. The van der Waals surface area contributed by atoms with Crippen molar-refractivity contribution < 1.29 is 27.1 Å². The number of nitrogens with one attached hydrogen (secondary N) is 1. The van der Waals surface area contributed by atoms with Gasteiger partial charge in [0.15, 0.2) is 29.2 Å². The fourth-order valence-electron chi connectivity index (χ4n) is 1.90. The quantitative estimate of drug-likeness (QED) is 0.526. The second kappa shape index (κ2) is 6.85. The van der Waals surface area contributed by atoms with E-state index in [0.717, 1.165) is 23.5 Å². The maximum Gasteiger partial charge on any atom is 0.264 e. The Balaban J connectivity index is 1.69. The fraction of sp³-hybridized carbons (Fsp3) is 0.0667. The smallest absolute Gasteiger partial charge is 0.264 e. The number of hydrogen-bond acceptors (Lipinski definition) is 4. The molecule has 0 spiro atoms. The van der Waals surface area contributed by atoms with E-state index in [-0.39, 0.29) is 26.1 Å². The van der Waals surface area contributed by atoms with Crippen molar-refractivity contribution in [2.75, 3.05) is 11.9 Å². The van der Waals surface area contributed by atoms with Crippen LogP contribution in [0, 0.1) is 23.3 Å². The Labute approximate surface area is 147 Å². The van der Waals surface area contributed by atoms with Crippen LogP contribution in [0.25, 0.3) is 10.2 Å². The molecule has 0 bridgehead atoms. The van der Waals surface area contributed by atoms with E-state index in [2.05, 4.69) is 10.3 Å². The molecule has 0 saturated heterocycles. The molecule has 130 valence electrons. The zero-order valence-electron chi connectivity index (χ0n) is 12.1. The second-order valence-corrected chi connectivity index (χ2v) is 6.20. The molecule has 3 rings (SSSR count). The minimum Gasteiger partial charge on any atom is -0.484 e. The highest BCUT2D eigenvalue weighted by atomic mass is 35.5. The van der Waals surface area contributed by atoms with E-state index in [4.69, 9.17) is 16.3 Å². The zero-order chi connectivity index (χ0) is 18.1. The predicted molar refractivity (Wildman–Crippen MR) is 85.0 cm³/mol. The molecule has 0 aliphatic heterocycles. The van der Waals surface area contributed by atoms with Gasteiger partial charge in [0.05, 0.1) is 9.72 Å². The molecule has 3 aromatic rings. The summed E-state index contributed by atoms with van der Waals surface area (Å²) >= 11 is 6.36. The molecule has 25 heavy (non-hydrogen) atoms. The summed E-state index contributed by atoms with van der Waals surface area (Å²) in [4.78, 5) is 15.5. The summed E-state index contributed by atoms with van der Waals surface area (Å²) in [6.45, 7) is -0.455. The Morgan fingerprint density at radius 2 is 1.92 bits per heavy atom. The first kappa shape index (κ1) is 17.4. The van der Waals surface area contributed by atoms with Crippen molar-refractivity contribution in [2.45, 2.75) is 0 Å². The predicted octanol–water partition coefficient (Wildman–Crippen LogP) is 4.52. The lowest BCUT2D eigenvalue weighted by atomic mass is 10.3. The molecule has 0 aliphatic carbocycles. The summed E-state index contributed by atoms with van der Waals surface area (Å²) in [7, 11) is 0. The van der Waals surface area contributed by atoms with Gasteiger partial charge < -0.3 is 4.74 Å². The fourth-order valence-corrected chi connectivity index (χ4v) is 2.97. The lowest BCUT2D eigenvalue weighted by molar-refractivity contribution is -0.118. The maximum atomic E-state index is 13.6. The maximum absolute atomic E-state index is 13.6. The molecule has 1 aromatic heterocycles. The minimum absolute atomic E-state index is 0.0398. The standard InChI is InChI=1S/C15H7ClF4N2O2S/c16-7-3-6(1-2-8(7)17)24-5-11(23)21-15-22-14-10(25-15)4-9(18)12(19)13(14)20/h1-4H,5H2,(H,21,22,23). The number of aromatic nitrogens is 1. The zero-order valence-corrected chi connectivity index (χ0v) is 13.7. The van der Waals surface area contributed by atoms with Gasteiger partial charge in [-0.1, -0.05) is 22.9 Å². The normalized spacial score (nSPS) is 10.9. The molecule has 0 saturated carbocycles. The van der Waals surface area contributed by atoms with Crippen LogP contribution in [0.4, 0.5) is 22.7 Å². The third-order valence-electron chi connectivity index (χ3n) is 3.03. The molecule has 0 fully saturated rings. The van der Waals surface area contributed by atoms with Crippen molar-refractivity contribution in [1.29, 1.82) is 0 Å². The van der Waals surface area contributed by atoms with E-state index in [0.29, 0.717) is 0 Å². The molecule has 0 unspecified atom stereocenters.